The lowest BCUT2D eigenvalue weighted by Crippen LogP contribution is -2.22. The highest BCUT2D eigenvalue weighted by atomic mass is 32.2. The number of fused-ring (bicyclic) bond motifs is 1. The number of thiazole rings is 1. The van der Waals surface area contributed by atoms with Crippen LogP contribution in [0.3, 0.4) is 0 Å². The van der Waals surface area contributed by atoms with Crippen molar-refractivity contribution in [1.29, 1.82) is 0 Å². The predicted molar refractivity (Wildman–Crippen MR) is 110 cm³/mol. The number of nitrogens with two attached hydrogens (primary N) is 1. The van der Waals surface area contributed by atoms with Crippen molar-refractivity contribution in [3.05, 3.63) is 52.8 Å². The van der Waals surface area contributed by atoms with Crippen molar-refractivity contribution in [2.24, 2.45) is 10.1 Å². The Labute approximate surface area is 176 Å². The summed E-state index contributed by atoms with van der Waals surface area (Å²) in [5.41, 5.74) is 1.29. The fraction of sp³-hybridized carbons (Fsp3) is 0.211. The van der Waals surface area contributed by atoms with E-state index in [9.17, 15) is 18.0 Å². The number of amides is 1. The van der Waals surface area contributed by atoms with Crippen LogP contribution in [-0.4, -0.2) is 39.1 Å². The highest BCUT2D eigenvalue weighted by molar-refractivity contribution is 7.89. The average Bonchev–Trinajstić information content (AvgIpc) is 3.03. The SMILES string of the molecule is COC(=O)Cn1c(=NC(=O)Cc2ccc(OC)cc2)sc2cc(S(N)(=O)=O)ccc21. The van der Waals surface area contributed by atoms with E-state index < -0.39 is 21.9 Å². The molecule has 158 valence electrons. The second-order valence-corrected chi connectivity index (χ2v) is 8.82. The van der Waals surface area contributed by atoms with E-state index in [2.05, 4.69) is 4.99 Å². The maximum absolute atomic E-state index is 12.5. The van der Waals surface area contributed by atoms with Crippen LogP contribution in [0.5, 0.6) is 5.75 Å². The minimum Gasteiger partial charge on any atom is -0.497 e. The number of sulfonamides is 1. The van der Waals surface area contributed by atoms with Crippen molar-refractivity contribution in [3.63, 3.8) is 0 Å². The average molecular weight is 450 g/mol. The van der Waals surface area contributed by atoms with Gasteiger partial charge in [-0.15, -0.1) is 0 Å². The zero-order valence-electron chi connectivity index (χ0n) is 16.2. The van der Waals surface area contributed by atoms with E-state index in [-0.39, 0.29) is 22.7 Å². The smallest absolute Gasteiger partial charge is 0.325 e. The van der Waals surface area contributed by atoms with Gasteiger partial charge in [0, 0.05) is 0 Å². The van der Waals surface area contributed by atoms with Crippen molar-refractivity contribution >= 4 is 43.5 Å². The number of esters is 1. The maximum Gasteiger partial charge on any atom is 0.325 e. The normalized spacial score (nSPS) is 12.2. The third kappa shape index (κ3) is 4.93. The molecule has 0 saturated carbocycles. The quantitative estimate of drug-likeness (QED) is 0.563. The Morgan fingerprint density at radius 2 is 1.83 bits per heavy atom. The minimum atomic E-state index is -3.90. The molecule has 1 amide bonds. The van der Waals surface area contributed by atoms with E-state index in [4.69, 9.17) is 14.6 Å². The van der Waals surface area contributed by atoms with Crippen LogP contribution < -0.4 is 14.7 Å². The molecule has 1 heterocycles. The molecular formula is C19H19N3O6S2. The molecule has 0 atom stereocenters. The van der Waals surface area contributed by atoms with E-state index in [0.717, 1.165) is 16.9 Å². The molecule has 2 N–H and O–H groups in total. The maximum atomic E-state index is 12.5. The van der Waals surface area contributed by atoms with Crippen LogP contribution in [0, 0.1) is 0 Å². The van der Waals surface area contributed by atoms with Crippen LogP contribution in [0.1, 0.15) is 5.56 Å². The van der Waals surface area contributed by atoms with E-state index in [1.807, 2.05) is 0 Å². The number of aromatic nitrogens is 1. The van der Waals surface area contributed by atoms with Crippen molar-refractivity contribution < 1.29 is 27.5 Å². The van der Waals surface area contributed by atoms with Crippen molar-refractivity contribution in [2.45, 2.75) is 17.9 Å². The van der Waals surface area contributed by atoms with E-state index in [1.54, 1.807) is 31.4 Å². The highest BCUT2D eigenvalue weighted by Crippen LogP contribution is 2.21. The van der Waals surface area contributed by atoms with Gasteiger partial charge in [0.05, 0.1) is 35.8 Å². The van der Waals surface area contributed by atoms with Crippen molar-refractivity contribution in [3.8, 4) is 5.75 Å². The fourth-order valence-electron chi connectivity index (χ4n) is 2.73. The summed E-state index contributed by atoms with van der Waals surface area (Å²) in [6.45, 7) is -0.181. The summed E-state index contributed by atoms with van der Waals surface area (Å²) < 4.78 is 35.1. The number of ether oxygens (including phenoxy) is 2. The van der Waals surface area contributed by atoms with Gasteiger partial charge in [0.25, 0.3) is 5.91 Å². The number of carbonyl (C=O) groups is 2. The topological polar surface area (TPSA) is 130 Å². The summed E-state index contributed by atoms with van der Waals surface area (Å²) in [5, 5.41) is 5.19. The number of methoxy groups -OCH3 is 2. The van der Waals surface area contributed by atoms with Gasteiger partial charge in [-0.25, -0.2) is 13.6 Å². The second-order valence-electron chi connectivity index (χ2n) is 6.25. The van der Waals surface area contributed by atoms with E-state index >= 15 is 0 Å². The molecule has 0 aliphatic carbocycles. The summed E-state index contributed by atoms with van der Waals surface area (Å²) in [4.78, 5) is 28.7. The van der Waals surface area contributed by atoms with Crippen LogP contribution >= 0.6 is 11.3 Å². The molecule has 0 saturated heterocycles. The summed E-state index contributed by atoms with van der Waals surface area (Å²) in [6.07, 6.45) is 0.0545. The van der Waals surface area contributed by atoms with Gasteiger partial charge in [0.15, 0.2) is 4.80 Å². The first-order valence-electron chi connectivity index (χ1n) is 8.65. The fourth-order valence-corrected chi connectivity index (χ4v) is 4.43. The first kappa shape index (κ1) is 21.7. The molecule has 0 fully saturated rings. The summed E-state index contributed by atoms with van der Waals surface area (Å²) in [6, 6.07) is 11.2. The third-order valence-electron chi connectivity index (χ3n) is 4.23. The second kappa shape index (κ2) is 8.78. The largest absolute Gasteiger partial charge is 0.497 e. The first-order valence-corrected chi connectivity index (χ1v) is 11.0. The Morgan fingerprint density at radius 1 is 1.13 bits per heavy atom. The molecular weight excluding hydrogens is 430 g/mol. The molecule has 1 aromatic heterocycles. The number of benzene rings is 2. The van der Waals surface area contributed by atoms with Crippen molar-refractivity contribution in [1.82, 2.24) is 4.57 Å². The van der Waals surface area contributed by atoms with Crippen LogP contribution in [0.15, 0.2) is 52.4 Å². The Kier molecular flexibility index (Phi) is 6.34. The summed E-state index contributed by atoms with van der Waals surface area (Å²) >= 11 is 1.08. The molecule has 9 nitrogen and oxygen atoms in total. The molecule has 2 aromatic carbocycles. The molecule has 30 heavy (non-hydrogen) atoms. The van der Waals surface area contributed by atoms with Gasteiger partial charge in [-0.05, 0) is 35.9 Å². The number of hydrogen-bond acceptors (Lipinski definition) is 7. The lowest BCUT2D eigenvalue weighted by molar-refractivity contribution is -0.141. The van der Waals surface area contributed by atoms with Crippen molar-refractivity contribution in [2.75, 3.05) is 14.2 Å². The lowest BCUT2D eigenvalue weighted by Gasteiger charge is -2.04. The van der Waals surface area contributed by atoms with E-state index in [0.29, 0.717) is 16.0 Å². The van der Waals surface area contributed by atoms with Gasteiger partial charge in [0.1, 0.15) is 12.3 Å². The van der Waals surface area contributed by atoms with Crippen LogP contribution in [-0.2, 0) is 37.3 Å². The van der Waals surface area contributed by atoms with Gasteiger partial charge in [-0.2, -0.15) is 4.99 Å². The molecule has 0 bridgehead atoms. The monoisotopic (exact) mass is 449 g/mol. The summed E-state index contributed by atoms with van der Waals surface area (Å²) in [5.74, 6) is -0.277. The number of carbonyl (C=O) groups excluding carboxylic acids is 2. The highest BCUT2D eigenvalue weighted by Gasteiger charge is 2.15. The minimum absolute atomic E-state index is 0.0545. The number of nitrogens with zero attached hydrogens (tertiary/aromatic N) is 2. The zero-order chi connectivity index (χ0) is 21.9. The zero-order valence-corrected chi connectivity index (χ0v) is 17.8. The number of primary sulfonamides is 1. The van der Waals surface area contributed by atoms with Crippen LogP contribution in [0.25, 0.3) is 10.2 Å². The van der Waals surface area contributed by atoms with Crippen LogP contribution in [0.2, 0.25) is 0 Å². The lowest BCUT2D eigenvalue weighted by atomic mass is 10.1. The van der Waals surface area contributed by atoms with Crippen LogP contribution in [0.4, 0.5) is 0 Å². The molecule has 0 unspecified atom stereocenters. The van der Waals surface area contributed by atoms with Gasteiger partial charge in [-0.1, -0.05) is 23.5 Å². The Morgan fingerprint density at radius 3 is 2.43 bits per heavy atom. The van der Waals surface area contributed by atoms with Gasteiger partial charge in [-0.3, -0.25) is 9.59 Å². The molecule has 3 rings (SSSR count). The Bertz CT molecular complexity index is 1270. The molecule has 0 aliphatic rings. The molecule has 0 radical (unpaired) electrons. The Balaban J connectivity index is 2.03. The standard InChI is InChI=1S/C19H19N3O6S2/c1-27-13-5-3-12(4-6-13)9-17(23)21-19-22(11-18(24)28-2)15-8-7-14(30(20,25)26)10-16(15)29-19/h3-8,10H,9,11H2,1-2H3,(H2,20,25,26). The third-order valence-corrected chi connectivity index (χ3v) is 6.18. The predicted octanol–water partition coefficient (Wildman–Crippen LogP) is 1.20. The molecule has 11 heteroatoms. The van der Waals surface area contributed by atoms with Gasteiger partial charge >= 0.3 is 5.97 Å². The Hall–Kier alpha value is -3.02. The van der Waals surface area contributed by atoms with Gasteiger partial charge < -0.3 is 14.0 Å². The molecule has 0 spiro atoms. The molecule has 0 aliphatic heterocycles. The first-order chi connectivity index (χ1) is 14.2. The number of rotatable bonds is 6. The van der Waals surface area contributed by atoms with Gasteiger partial charge in [0.2, 0.25) is 10.0 Å². The van der Waals surface area contributed by atoms with E-state index in [1.165, 1.54) is 29.9 Å². The molecule has 3 aromatic rings. The number of hydrogen-bond donors (Lipinski definition) is 1. The summed E-state index contributed by atoms with van der Waals surface area (Å²) in [7, 11) is -1.09.